The molecule has 1 aliphatic rings. The van der Waals surface area contributed by atoms with Crippen molar-refractivity contribution in [1.82, 2.24) is 5.32 Å². The summed E-state index contributed by atoms with van der Waals surface area (Å²) in [7, 11) is 0. The Labute approximate surface area is 116 Å². The Morgan fingerprint density at radius 2 is 2.29 bits per heavy atom. The topological polar surface area (TPSA) is 12.0 Å². The van der Waals surface area contributed by atoms with Crippen molar-refractivity contribution in [2.75, 3.05) is 6.54 Å². The molecule has 1 aromatic carbocycles. The molecule has 0 aromatic heterocycles. The van der Waals surface area contributed by atoms with Crippen LogP contribution in [0.15, 0.2) is 28.2 Å². The van der Waals surface area contributed by atoms with Gasteiger partial charge in [0.25, 0.3) is 0 Å². The predicted molar refractivity (Wildman–Crippen MR) is 78.4 cm³/mol. The van der Waals surface area contributed by atoms with E-state index < -0.39 is 0 Å². The number of nitrogens with one attached hydrogen (secondary N) is 1. The standard InChI is InChI=1S/C14H17BrClN/c1-2-10(9-17-13-4-5-13)7-11-8-12(16)3-6-14(11)15/h3,6-8,13,17H,2,4-5,9H2,1H3. The molecule has 17 heavy (non-hydrogen) atoms. The Morgan fingerprint density at radius 1 is 1.53 bits per heavy atom. The molecule has 0 aliphatic heterocycles. The van der Waals surface area contributed by atoms with Crippen molar-refractivity contribution in [2.45, 2.75) is 32.2 Å². The molecular weight excluding hydrogens is 298 g/mol. The average molecular weight is 315 g/mol. The van der Waals surface area contributed by atoms with Gasteiger partial charge in [-0.3, -0.25) is 0 Å². The molecule has 1 aliphatic carbocycles. The summed E-state index contributed by atoms with van der Waals surface area (Å²) >= 11 is 9.57. The highest BCUT2D eigenvalue weighted by Crippen LogP contribution is 2.24. The van der Waals surface area contributed by atoms with Crippen LogP contribution in [0.4, 0.5) is 0 Å². The Morgan fingerprint density at radius 3 is 2.94 bits per heavy atom. The van der Waals surface area contributed by atoms with Crippen LogP contribution in [-0.2, 0) is 0 Å². The number of benzene rings is 1. The predicted octanol–water partition coefficient (Wildman–Crippen LogP) is 4.65. The van der Waals surface area contributed by atoms with E-state index in [4.69, 9.17) is 11.6 Å². The molecule has 0 unspecified atom stereocenters. The molecule has 1 saturated carbocycles. The molecule has 0 heterocycles. The van der Waals surface area contributed by atoms with Gasteiger partial charge in [0.05, 0.1) is 0 Å². The Hall–Kier alpha value is -0.310. The van der Waals surface area contributed by atoms with Gasteiger partial charge < -0.3 is 5.32 Å². The zero-order chi connectivity index (χ0) is 12.3. The van der Waals surface area contributed by atoms with Gasteiger partial charge in [-0.25, -0.2) is 0 Å². The first-order chi connectivity index (χ1) is 8.19. The number of rotatable bonds is 5. The first-order valence-corrected chi connectivity index (χ1v) is 7.24. The molecule has 2 rings (SSSR count). The van der Waals surface area contributed by atoms with Gasteiger partial charge in [-0.15, -0.1) is 0 Å². The zero-order valence-corrected chi connectivity index (χ0v) is 12.3. The van der Waals surface area contributed by atoms with Crippen LogP contribution < -0.4 is 5.32 Å². The lowest BCUT2D eigenvalue weighted by molar-refractivity contribution is 0.723. The van der Waals surface area contributed by atoms with Crippen molar-refractivity contribution in [3.8, 4) is 0 Å². The third-order valence-corrected chi connectivity index (χ3v) is 3.92. The fourth-order valence-electron chi connectivity index (χ4n) is 1.69. The summed E-state index contributed by atoms with van der Waals surface area (Å²) in [6, 6.07) is 6.65. The van der Waals surface area contributed by atoms with E-state index in [0.717, 1.165) is 34.1 Å². The van der Waals surface area contributed by atoms with Gasteiger partial charge in [0.2, 0.25) is 0 Å². The van der Waals surface area contributed by atoms with Crippen molar-refractivity contribution < 1.29 is 0 Å². The minimum Gasteiger partial charge on any atom is -0.310 e. The minimum atomic E-state index is 0.757. The maximum absolute atomic E-state index is 6.02. The van der Waals surface area contributed by atoms with E-state index in [0.29, 0.717) is 0 Å². The van der Waals surface area contributed by atoms with E-state index in [1.54, 1.807) is 0 Å². The highest BCUT2D eigenvalue weighted by molar-refractivity contribution is 9.10. The van der Waals surface area contributed by atoms with Crippen LogP contribution in [0.3, 0.4) is 0 Å². The SMILES string of the molecule is CCC(=Cc1cc(Cl)ccc1Br)CNC1CC1. The molecule has 92 valence electrons. The van der Waals surface area contributed by atoms with Gasteiger partial charge in [-0.05, 0) is 43.0 Å². The molecular formula is C14H17BrClN. The quantitative estimate of drug-likeness (QED) is 0.834. The lowest BCUT2D eigenvalue weighted by Crippen LogP contribution is -2.18. The van der Waals surface area contributed by atoms with E-state index in [1.165, 1.54) is 18.4 Å². The van der Waals surface area contributed by atoms with Crippen LogP contribution in [0.2, 0.25) is 5.02 Å². The number of halogens is 2. The molecule has 0 atom stereocenters. The third-order valence-electron chi connectivity index (χ3n) is 2.97. The number of hydrogen-bond donors (Lipinski definition) is 1. The van der Waals surface area contributed by atoms with Crippen molar-refractivity contribution in [1.29, 1.82) is 0 Å². The lowest BCUT2D eigenvalue weighted by Gasteiger charge is -2.07. The second-order valence-electron chi connectivity index (χ2n) is 4.48. The van der Waals surface area contributed by atoms with Crippen molar-refractivity contribution in [3.63, 3.8) is 0 Å². The van der Waals surface area contributed by atoms with Gasteiger partial charge in [-0.1, -0.05) is 46.1 Å². The van der Waals surface area contributed by atoms with Gasteiger partial charge in [0.15, 0.2) is 0 Å². The molecule has 1 nitrogen and oxygen atoms in total. The van der Waals surface area contributed by atoms with Crippen LogP contribution in [0, 0.1) is 0 Å². The van der Waals surface area contributed by atoms with Gasteiger partial charge in [-0.2, -0.15) is 0 Å². The molecule has 0 bridgehead atoms. The summed E-state index contributed by atoms with van der Waals surface area (Å²) in [5.74, 6) is 0. The fraction of sp³-hybridized carbons (Fsp3) is 0.429. The molecule has 0 saturated heterocycles. The molecule has 1 fully saturated rings. The first kappa shape index (κ1) is 13.1. The second-order valence-corrected chi connectivity index (χ2v) is 5.77. The van der Waals surface area contributed by atoms with Gasteiger partial charge in [0, 0.05) is 22.1 Å². The van der Waals surface area contributed by atoms with E-state index in [1.807, 2.05) is 18.2 Å². The highest BCUT2D eigenvalue weighted by Gasteiger charge is 2.20. The van der Waals surface area contributed by atoms with Crippen LogP contribution in [0.5, 0.6) is 0 Å². The molecule has 1 aromatic rings. The van der Waals surface area contributed by atoms with Crippen LogP contribution in [0.25, 0.3) is 6.08 Å². The van der Waals surface area contributed by atoms with Crippen LogP contribution in [-0.4, -0.2) is 12.6 Å². The van der Waals surface area contributed by atoms with Crippen LogP contribution in [0.1, 0.15) is 31.7 Å². The zero-order valence-electron chi connectivity index (χ0n) is 9.97. The Kier molecular flexibility index (Phi) is 4.66. The summed E-state index contributed by atoms with van der Waals surface area (Å²) in [6.07, 6.45) is 5.96. The summed E-state index contributed by atoms with van der Waals surface area (Å²) < 4.78 is 1.10. The van der Waals surface area contributed by atoms with Crippen LogP contribution >= 0.6 is 27.5 Å². The van der Waals surface area contributed by atoms with Crippen molar-refractivity contribution in [2.24, 2.45) is 0 Å². The van der Waals surface area contributed by atoms with Gasteiger partial charge in [0.1, 0.15) is 0 Å². The smallest absolute Gasteiger partial charge is 0.0412 e. The largest absolute Gasteiger partial charge is 0.310 e. The van der Waals surface area contributed by atoms with E-state index in [9.17, 15) is 0 Å². The minimum absolute atomic E-state index is 0.757. The molecule has 3 heteroatoms. The van der Waals surface area contributed by atoms with Crippen molar-refractivity contribution in [3.05, 3.63) is 38.8 Å². The van der Waals surface area contributed by atoms with Gasteiger partial charge >= 0.3 is 0 Å². The van der Waals surface area contributed by atoms with E-state index in [2.05, 4.69) is 34.2 Å². The average Bonchev–Trinajstić information content (AvgIpc) is 3.12. The summed E-state index contributed by atoms with van der Waals surface area (Å²) in [5, 5.41) is 4.33. The molecule has 1 N–H and O–H groups in total. The summed E-state index contributed by atoms with van der Waals surface area (Å²) in [6.45, 7) is 3.18. The molecule has 0 spiro atoms. The summed E-state index contributed by atoms with van der Waals surface area (Å²) in [4.78, 5) is 0. The summed E-state index contributed by atoms with van der Waals surface area (Å²) in [5.41, 5.74) is 2.58. The molecule has 0 amide bonds. The lowest BCUT2D eigenvalue weighted by atomic mass is 10.1. The third kappa shape index (κ3) is 4.13. The highest BCUT2D eigenvalue weighted by atomic mass is 79.9. The Balaban J connectivity index is 2.09. The monoisotopic (exact) mass is 313 g/mol. The maximum atomic E-state index is 6.02. The van der Waals surface area contributed by atoms with E-state index in [-0.39, 0.29) is 0 Å². The number of hydrogen-bond acceptors (Lipinski definition) is 1. The van der Waals surface area contributed by atoms with Crippen molar-refractivity contribution >= 4 is 33.6 Å². The molecule has 0 radical (unpaired) electrons. The second kappa shape index (κ2) is 6.03. The first-order valence-electron chi connectivity index (χ1n) is 6.07. The fourth-order valence-corrected chi connectivity index (χ4v) is 2.23. The van der Waals surface area contributed by atoms with E-state index >= 15 is 0 Å². The Bertz CT molecular complexity index is 424. The normalized spacial score (nSPS) is 16.3. The maximum Gasteiger partial charge on any atom is 0.0412 e.